The Labute approximate surface area is 130 Å². The van der Waals surface area contributed by atoms with Gasteiger partial charge in [-0.05, 0) is 37.6 Å². The standard InChI is InChI=1S/C17H20N4O/c1-13-10-17(19-6-3-8-21-9-7-18-12-21)15-11-14(22-2)4-5-16(15)20-13/h4-5,7,9-12H,3,6,8H2,1-2H3,(H,19,20). The molecule has 22 heavy (non-hydrogen) atoms. The third-order valence-corrected chi connectivity index (χ3v) is 3.61. The van der Waals surface area contributed by atoms with Crippen LogP contribution in [0.3, 0.4) is 0 Å². The zero-order chi connectivity index (χ0) is 15.4. The van der Waals surface area contributed by atoms with Crippen molar-refractivity contribution >= 4 is 16.6 Å². The van der Waals surface area contributed by atoms with Crippen molar-refractivity contribution in [2.75, 3.05) is 19.0 Å². The van der Waals surface area contributed by atoms with Crippen LogP contribution in [0, 0.1) is 6.92 Å². The van der Waals surface area contributed by atoms with Crippen molar-refractivity contribution in [2.24, 2.45) is 0 Å². The normalized spacial score (nSPS) is 10.8. The highest BCUT2D eigenvalue weighted by molar-refractivity contribution is 5.92. The molecule has 5 nitrogen and oxygen atoms in total. The highest BCUT2D eigenvalue weighted by Crippen LogP contribution is 2.27. The summed E-state index contributed by atoms with van der Waals surface area (Å²) in [6.45, 7) is 3.87. The van der Waals surface area contributed by atoms with Crippen molar-refractivity contribution in [3.63, 3.8) is 0 Å². The van der Waals surface area contributed by atoms with Gasteiger partial charge in [0.25, 0.3) is 0 Å². The molecule has 0 unspecified atom stereocenters. The largest absolute Gasteiger partial charge is 0.497 e. The zero-order valence-corrected chi connectivity index (χ0v) is 12.9. The van der Waals surface area contributed by atoms with Gasteiger partial charge in [-0.2, -0.15) is 0 Å². The number of fused-ring (bicyclic) bond motifs is 1. The minimum atomic E-state index is 0.847. The number of benzene rings is 1. The first kappa shape index (κ1) is 14.4. The molecule has 2 aromatic heterocycles. The van der Waals surface area contributed by atoms with Crippen LogP contribution in [-0.4, -0.2) is 28.2 Å². The molecule has 0 spiro atoms. The highest BCUT2D eigenvalue weighted by atomic mass is 16.5. The molecule has 5 heteroatoms. The molecule has 0 bridgehead atoms. The first-order chi connectivity index (χ1) is 10.8. The number of imidazole rings is 1. The van der Waals surface area contributed by atoms with Gasteiger partial charge in [0.2, 0.25) is 0 Å². The van der Waals surface area contributed by atoms with Crippen LogP contribution in [-0.2, 0) is 6.54 Å². The molecule has 0 aliphatic carbocycles. The van der Waals surface area contributed by atoms with Gasteiger partial charge in [0.15, 0.2) is 0 Å². The lowest BCUT2D eigenvalue weighted by Crippen LogP contribution is -2.06. The quantitative estimate of drug-likeness (QED) is 0.709. The highest BCUT2D eigenvalue weighted by Gasteiger charge is 2.05. The van der Waals surface area contributed by atoms with Crippen LogP contribution in [0.4, 0.5) is 5.69 Å². The summed E-state index contributed by atoms with van der Waals surface area (Å²) in [5.41, 5.74) is 3.10. The molecule has 0 atom stereocenters. The monoisotopic (exact) mass is 296 g/mol. The third kappa shape index (κ3) is 3.19. The molecular weight excluding hydrogens is 276 g/mol. The van der Waals surface area contributed by atoms with Gasteiger partial charge in [-0.3, -0.25) is 4.98 Å². The van der Waals surface area contributed by atoms with E-state index in [0.29, 0.717) is 0 Å². The fraction of sp³-hybridized carbons (Fsp3) is 0.294. The summed E-state index contributed by atoms with van der Waals surface area (Å²) in [7, 11) is 1.68. The number of hydrogen-bond acceptors (Lipinski definition) is 4. The molecule has 0 aliphatic rings. The number of methoxy groups -OCH3 is 1. The Morgan fingerprint density at radius 1 is 1.27 bits per heavy atom. The van der Waals surface area contributed by atoms with E-state index in [1.165, 1.54) is 0 Å². The lowest BCUT2D eigenvalue weighted by atomic mass is 10.1. The predicted octanol–water partition coefficient (Wildman–Crippen LogP) is 3.25. The minimum absolute atomic E-state index is 0.847. The van der Waals surface area contributed by atoms with E-state index in [1.807, 2.05) is 37.6 Å². The van der Waals surface area contributed by atoms with E-state index in [-0.39, 0.29) is 0 Å². The van der Waals surface area contributed by atoms with Crippen LogP contribution in [0.15, 0.2) is 43.0 Å². The Morgan fingerprint density at radius 2 is 2.18 bits per heavy atom. The third-order valence-electron chi connectivity index (χ3n) is 3.61. The van der Waals surface area contributed by atoms with Crippen LogP contribution in [0.2, 0.25) is 0 Å². The molecule has 0 saturated carbocycles. The summed E-state index contributed by atoms with van der Waals surface area (Å²) in [4.78, 5) is 8.62. The van der Waals surface area contributed by atoms with Gasteiger partial charge in [-0.1, -0.05) is 0 Å². The van der Waals surface area contributed by atoms with Crippen molar-refractivity contribution in [2.45, 2.75) is 19.9 Å². The lowest BCUT2D eigenvalue weighted by molar-refractivity contribution is 0.415. The molecule has 3 aromatic rings. The number of anilines is 1. The Hall–Kier alpha value is -2.56. The van der Waals surface area contributed by atoms with Crippen molar-refractivity contribution < 1.29 is 4.74 Å². The van der Waals surface area contributed by atoms with Gasteiger partial charge in [0.05, 0.1) is 19.0 Å². The number of nitrogens with zero attached hydrogens (tertiary/aromatic N) is 3. The molecular formula is C17H20N4O. The lowest BCUT2D eigenvalue weighted by Gasteiger charge is -2.12. The second-order valence-electron chi connectivity index (χ2n) is 5.28. The summed E-state index contributed by atoms with van der Waals surface area (Å²) in [5.74, 6) is 0.847. The SMILES string of the molecule is COc1ccc2nc(C)cc(NCCCn3ccnc3)c2c1. The van der Waals surface area contributed by atoms with E-state index in [0.717, 1.165) is 47.5 Å². The number of aromatic nitrogens is 3. The molecule has 0 aliphatic heterocycles. The van der Waals surface area contributed by atoms with Crippen molar-refractivity contribution in [3.8, 4) is 5.75 Å². The first-order valence-electron chi connectivity index (χ1n) is 7.41. The van der Waals surface area contributed by atoms with Crippen LogP contribution >= 0.6 is 0 Å². The molecule has 0 saturated heterocycles. The number of nitrogens with one attached hydrogen (secondary N) is 1. The predicted molar refractivity (Wildman–Crippen MR) is 88.4 cm³/mol. The van der Waals surface area contributed by atoms with Gasteiger partial charge in [0, 0.05) is 42.3 Å². The van der Waals surface area contributed by atoms with Gasteiger partial charge < -0.3 is 14.6 Å². The fourth-order valence-electron chi connectivity index (χ4n) is 2.51. The van der Waals surface area contributed by atoms with Gasteiger partial charge in [-0.15, -0.1) is 0 Å². The topological polar surface area (TPSA) is 52.0 Å². The van der Waals surface area contributed by atoms with E-state index in [2.05, 4.69) is 25.9 Å². The second-order valence-corrected chi connectivity index (χ2v) is 5.28. The summed E-state index contributed by atoms with van der Waals surface area (Å²) in [6.07, 6.45) is 6.66. The number of ether oxygens (including phenoxy) is 1. The van der Waals surface area contributed by atoms with E-state index in [9.17, 15) is 0 Å². The molecule has 2 heterocycles. The maximum atomic E-state index is 5.32. The number of rotatable bonds is 6. The number of pyridine rings is 1. The maximum Gasteiger partial charge on any atom is 0.119 e. The van der Waals surface area contributed by atoms with Crippen molar-refractivity contribution in [3.05, 3.63) is 48.7 Å². The number of hydrogen-bond donors (Lipinski definition) is 1. The van der Waals surface area contributed by atoms with E-state index >= 15 is 0 Å². The minimum Gasteiger partial charge on any atom is -0.497 e. The Balaban J connectivity index is 1.74. The van der Waals surface area contributed by atoms with Gasteiger partial charge in [0.1, 0.15) is 5.75 Å². The molecule has 1 aromatic carbocycles. The summed E-state index contributed by atoms with van der Waals surface area (Å²) < 4.78 is 7.40. The van der Waals surface area contributed by atoms with Crippen LogP contribution in [0.25, 0.3) is 10.9 Å². The van der Waals surface area contributed by atoms with Crippen molar-refractivity contribution in [1.82, 2.24) is 14.5 Å². The molecule has 0 radical (unpaired) electrons. The van der Waals surface area contributed by atoms with Crippen molar-refractivity contribution in [1.29, 1.82) is 0 Å². The van der Waals surface area contributed by atoms with E-state index in [1.54, 1.807) is 13.3 Å². The van der Waals surface area contributed by atoms with E-state index in [4.69, 9.17) is 4.74 Å². The fourth-order valence-corrected chi connectivity index (χ4v) is 2.51. The smallest absolute Gasteiger partial charge is 0.119 e. The first-order valence-corrected chi connectivity index (χ1v) is 7.41. The Morgan fingerprint density at radius 3 is 2.95 bits per heavy atom. The van der Waals surface area contributed by atoms with Crippen LogP contribution < -0.4 is 10.1 Å². The Bertz CT molecular complexity index is 753. The number of aryl methyl sites for hydroxylation is 2. The molecule has 114 valence electrons. The molecule has 1 N–H and O–H groups in total. The Kier molecular flexibility index (Phi) is 4.23. The van der Waals surface area contributed by atoms with Gasteiger partial charge >= 0.3 is 0 Å². The molecule has 0 fully saturated rings. The zero-order valence-electron chi connectivity index (χ0n) is 12.9. The van der Waals surface area contributed by atoms with Crippen LogP contribution in [0.5, 0.6) is 5.75 Å². The summed E-state index contributed by atoms with van der Waals surface area (Å²) in [6, 6.07) is 8.05. The van der Waals surface area contributed by atoms with Gasteiger partial charge in [-0.25, -0.2) is 4.98 Å². The second kappa shape index (κ2) is 6.47. The molecule has 0 amide bonds. The van der Waals surface area contributed by atoms with Crippen LogP contribution in [0.1, 0.15) is 12.1 Å². The van der Waals surface area contributed by atoms with E-state index < -0.39 is 0 Å². The summed E-state index contributed by atoms with van der Waals surface area (Å²) in [5, 5.41) is 4.60. The maximum absolute atomic E-state index is 5.32. The average Bonchev–Trinajstić information content (AvgIpc) is 3.04. The molecule has 3 rings (SSSR count). The summed E-state index contributed by atoms with van der Waals surface area (Å²) >= 11 is 0. The average molecular weight is 296 g/mol.